The number of hydrogen-bond acceptors (Lipinski definition) is 2. The van der Waals surface area contributed by atoms with Crippen LogP contribution in [0.25, 0.3) is 0 Å². The Balaban J connectivity index is 0.00000280. The second kappa shape index (κ2) is 11.2. The third kappa shape index (κ3) is 5.73. The van der Waals surface area contributed by atoms with Crippen LogP contribution in [0.15, 0.2) is 54.6 Å². The summed E-state index contributed by atoms with van der Waals surface area (Å²) in [5.74, 6) is 0.0459. The van der Waals surface area contributed by atoms with E-state index in [1.165, 1.54) is 24.8 Å². The molecule has 2 unspecified atom stereocenters. The summed E-state index contributed by atoms with van der Waals surface area (Å²) in [6, 6.07) is 18.4. The number of benzene rings is 2. The summed E-state index contributed by atoms with van der Waals surface area (Å²) < 4.78 is 0. The van der Waals surface area contributed by atoms with Crippen LogP contribution in [0.3, 0.4) is 0 Å². The summed E-state index contributed by atoms with van der Waals surface area (Å²) >= 11 is 6.13. The van der Waals surface area contributed by atoms with E-state index in [2.05, 4.69) is 42.2 Å². The van der Waals surface area contributed by atoms with E-state index in [1.807, 2.05) is 24.3 Å². The summed E-state index contributed by atoms with van der Waals surface area (Å²) in [7, 11) is 0. The minimum Gasteiger partial charge on any atom is -0.384 e. The standard InChI is InChI=1S/C24H32ClNO.ClH/c1-2-3-16-24(27,21-12-14-22(25)15-13-21)23(20-10-6-4-7-11-20)19-26-17-8-5-9-18-26;/h4,6-7,10-15,23,27H,2-3,5,8-9,16-19H2,1H3;1H. The van der Waals surface area contributed by atoms with Crippen molar-refractivity contribution in [3.63, 3.8) is 0 Å². The van der Waals surface area contributed by atoms with Gasteiger partial charge in [-0.2, -0.15) is 0 Å². The number of aliphatic hydroxyl groups is 1. The van der Waals surface area contributed by atoms with Crippen molar-refractivity contribution in [2.45, 2.75) is 57.0 Å². The fourth-order valence-electron chi connectivity index (χ4n) is 4.32. The van der Waals surface area contributed by atoms with E-state index in [1.54, 1.807) is 0 Å². The number of likely N-dealkylation sites (tertiary alicyclic amines) is 1. The molecular weight excluding hydrogens is 389 g/mol. The molecule has 0 radical (unpaired) electrons. The van der Waals surface area contributed by atoms with Gasteiger partial charge in [0.1, 0.15) is 0 Å². The van der Waals surface area contributed by atoms with Crippen molar-refractivity contribution in [2.75, 3.05) is 19.6 Å². The zero-order chi connectivity index (χ0) is 19.1. The van der Waals surface area contributed by atoms with Gasteiger partial charge in [-0.15, -0.1) is 12.4 Å². The molecule has 154 valence electrons. The first-order valence-corrected chi connectivity index (χ1v) is 10.8. The smallest absolute Gasteiger partial charge is 0.0977 e. The van der Waals surface area contributed by atoms with E-state index in [-0.39, 0.29) is 18.3 Å². The van der Waals surface area contributed by atoms with Crippen LogP contribution in [0.5, 0.6) is 0 Å². The highest BCUT2D eigenvalue weighted by atomic mass is 35.5. The highest BCUT2D eigenvalue weighted by Gasteiger charge is 2.39. The minimum absolute atomic E-state index is 0. The Morgan fingerprint density at radius 2 is 1.64 bits per heavy atom. The van der Waals surface area contributed by atoms with E-state index in [0.29, 0.717) is 5.02 Å². The van der Waals surface area contributed by atoms with Crippen LogP contribution >= 0.6 is 24.0 Å². The topological polar surface area (TPSA) is 23.5 Å². The molecule has 28 heavy (non-hydrogen) atoms. The van der Waals surface area contributed by atoms with Crippen molar-refractivity contribution in [3.05, 3.63) is 70.7 Å². The number of hydrogen-bond donors (Lipinski definition) is 1. The number of piperidine rings is 1. The quantitative estimate of drug-likeness (QED) is 0.531. The van der Waals surface area contributed by atoms with Crippen LogP contribution in [0.1, 0.15) is 62.5 Å². The van der Waals surface area contributed by atoms with Crippen LogP contribution in [-0.4, -0.2) is 29.6 Å². The first-order chi connectivity index (χ1) is 13.1. The van der Waals surface area contributed by atoms with Gasteiger partial charge in [0.2, 0.25) is 0 Å². The lowest BCUT2D eigenvalue weighted by molar-refractivity contribution is -0.0164. The maximum absolute atomic E-state index is 12.1. The van der Waals surface area contributed by atoms with Gasteiger partial charge < -0.3 is 10.0 Å². The Kier molecular flexibility index (Phi) is 9.30. The maximum Gasteiger partial charge on any atom is 0.0977 e. The van der Waals surface area contributed by atoms with Gasteiger partial charge in [0, 0.05) is 17.5 Å². The van der Waals surface area contributed by atoms with Gasteiger partial charge in [0.05, 0.1) is 5.60 Å². The Hall–Kier alpha value is -1.06. The zero-order valence-electron chi connectivity index (χ0n) is 16.8. The molecule has 2 nitrogen and oxygen atoms in total. The van der Waals surface area contributed by atoms with E-state index >= 15 is 0 Å². The molecule has 1 aliphatic heterocycles. The van der Waals surface area contributed by atoms with Crippen molar-refractivity contribution in [2.24, 2.45) is 0 Å². The average molecular weight is 422 g/mol. The van der Waals surface area contributed by atoms with Crippen LogP contribution in [0, 0.1) is 0 Å². The molecule has 0 spiro atoms. The molecule has 4 heteroatoms. The molecule has 1 heterocycles. The minimum atomic E-state index is -0.889. The number of unbranched alkanes of at least 4 members (excludes halogenated alkanes) is 1. The van der Waals surface area contributed by atoms with Crippen LogP contribution < -0.4 is 0 Å². The second-order valence-corrected chi connectivity index (χ2v) is 8.30. The maximum atomic E-state index is 12.1. The fraction of sp³-hybridized carbons (Fsp3) is 0.500. The predicted molar refractivity (Wildman–Crippen MR) is 122 cm³/mol. The Bertz CT molecular complexity index is 686. The number of halogens is 2. The first-order valence-electron chi connectivity index (χ1n) is 10.4. The molecule has 0 aromatic heterocycles. The zero-order valence-corrected chi connectivity index (χ0v) is 18.4. The van der Waals surface area contributed by atoms with Gasteiger partial charge in [-0.05, 0) is 55.6 Å². The Morgan fingerprint density at radius 3 is 2.25 bits per heavy atom. The van der Waals surface area contributed by atoms with E-state index < -0.39 is 5.60 Å². The Morgan fingerprint density at radius 1 is 1.00 bits per heavy atom. The van der Waals surface area contributed by atoms with Crippen molar-refractivity contribution in [1.29, 1.82) is 0 Å². The second-order valence-electron chi connectivity index (χ2n) is 7.86. The monoisotopic (exact) mass is 421 g/mol. The lowest BCUT2D eigenvalue weighted by atomic mass is 9.74. The summed E-state index contributed by atoms with van der Waals surface area (Å²) in [5.41, 5.74) is 1.31. The molecule has 0 saturated carbocycles. The van der Waals surface area contributed by atoms with Crippen molar-refractivity contribution in [1.82, 2.24) is 4.90 Å². The lowest BCUT2D eigenvalue weighted by Crippen LogP contribution is -2.42. The fourth-order valence-corrected chi connectivity index (χ4v) is 4.45. The van der Waals surface area contributed by atoms with Gasteiger partial charge in [-0.1, -0.05) is 80.3 Å². The molecule has 0 bridgehead atoms. The van der Waals surface area contributed by atoms with Gasteiger partial charge in [-0.25, -0.2) is 0 Å². The lowest BCUT2D eigenvalue weighted by Gasteiger charge is -2.41. The van der Waals surface area contributed by atoms with Crippen LogP contribution in [-0.2, 0) is 5.60 Å². The first kappa shape index (κ1) is 23.2. The summed E-state index contributed by atoms with van der Waals surface area (Å²) in [6.45, 7) is 5.35. The van der Waals surface area contributed by atoms with Gasteiger partial charge in [0.15, 0.2) is 0 Å². The van der Waals surface area contributed by atoms with Crippen LogP contribution in [0.4, 0.5) is 0 Å². The van der Waals surface area contributed by atoms with E-state index in [4.69, 9.17) is 11.6 Å². The largest absolute Gasteiger partial charge is 0.384 e. The molecule has 1 aliphatic rings. The van der Waals surface area contributed by atoms with Crippen LogP contribution in [0.2, 0.25) is 5.02 Å². The summed E-state index contributed by atoms with van der Waals surface area (Å²) in [5, 5.41) is 12.8. The summed E-state index contributed by atoms with van der Waals surface area (Å²) in [6.07, 6.45) is 6.68. The SMILES string of the molecule is CCCCC(O)(c1ccc(Cl)cc1)C(CN1CCCCC1)c1ccccc1.Cl. The third-order valence-electron chi connectivity index (χ3n) is 5.92. The van der Waals surface area contributed by atoms with Gasteiger partial charge in [-0.3, -0.25) is 0 Å². The molecule has 1 fully saturated rings. The molecule has 1 saturated heterocycles. The highest BCUT2D eigenvalue weighted by molar-refractivity contribution is 6.30. The molecule has 2 atom stereocenters. The Labute approximate surface area is 181 Å². The van der Waals surface area contributed by atoms with Crippen molar-refractivity contribution in [3.8, 4) is 0 Å². The summed E-state index contributed by atoms with van der Waals surface area (Å²) in [4.78, 5) is 2.54. The molecule has 0 aliphatic carbocycles. The molecule has 1 N–H and O–H groups in total. The van der Waals surface area contributed by atoms with Gasteiger partial charge >= 0.3 is 0 Å². The molecule has 2 aromatic carbocycles. The van der Waals surface area contributed by atoms with Crippen molar-refractivity contribution < 1.29 is 5.11 Å². The third-order valence-corrected chi connectivity index (χ3v) is 6.18. The van der Waals surface area contributed by atoms with Gasteiger partial charge in [0.25, 0.3) is 0 Å². The number of nitrogens with zero attached hydrogens (tertiary/aromatic N) is 1. The highest BCUT2D eigenvalue weighted by Crippen LogP contribution is 2.42. The molecule has 3 rings (SSSR count). The molecule has 0 amide bonds. The number of rotatable bonds is 8. The van der Waals surface area contributed by atoms with Crippen molar-refractivity contribution >= 4 is 24.0 Å². The average Bonchev–Trinajstić information content (AvgIpc) is 2.72. The van der Waals surface area contributed by atoms with E-state index in [0.717, 1.165) is 44.5 Å². The van der Waals surface area contributed by atoms with E-state index in [9.17, 15) is 5.11 Å². The molecular formula is C24H33Cl2NO. The predicted octanol–water partition coefficient (Wildman–Crippen LogP) is 6.41. The molecule has 2 aromatic rings. The normalized spacial score (nSPS) is 18.1.